The van der Waals surface area contributed by atoms with Crippen molar-refractivity contribution in [2.45, 2.75) is 38.1 Å². The van der Waals surface area contributed by atoms with Crippen LogP contribution in [0.5, 0.6) is 0 Å². The molecule has 2 aromatic rings. The van der Waals surface area contributed by atoms with E-state index < -0.39 is 0 Å². The molecule has 2 aromatic carbocycles. The number of ketones is 2. The lowest BCUT2D eigenvalue weighted by molar-refractivity contribution is 0.0998. The molecule has 0 spiro atoms. The fourth-order valence-corrected chi connectivity index (χ4v) is 3.20. The Labute approximate surface area is 148 Å². The van der Waals surface area contributed by atoms with Crippen LogP contribution in [0, 0.1) is 0 Å². The summed E-state index contributed by atoms with van der Waals surface area (Å²) in [5.41, 5.74) is 1.58. The zero-order chi connectivity index (χ0) is 17.5. The SMILES string of the molecule is O=C(/C=C(/NC1CCCCC1)C(=O)c1ccccc1)c1ccccc1. The van der Waals surface area contributed by atoms with Crippen LogP contribution in [0.3, 0.4) is 0 Å². The molecule has 0 saturated heterocycles. The number of benzene rings is 2. The molecule has 3 nitrogen and oxygen atoms in total. The summed E-state index contributed by atoms with van der Waals surface area (Å²) in [7, 11) is 0. The summed E-state index contributed by atoms with van der Waals surface area (Å²) in [6, 6.07) is 18.4. The molecule has 25 heavy (non-hydrogen) atoms. The number of allylic oxidation sites excluding steroid dienone is 2. The van der Waals surface area contributed by atoms with Crippen molar-refractivity contribution in [2.75, 3.05) is 0 Å². The summed E-state index contributed by atoms with van der Waals surface area (Å²) < 4.78 is 0. The standard InChI is InChI=1S/C22H23NO2/c24-21(17-10-4-1-5-11-17)16-20(23-19-14-8-3-9-15-19)22(25)18-12-6-2-7-13-18/h1-2,4-7,10-13,16,19,23H,3,8-9,14-15H2/b20-16+. The van der Waals surface area contributed by atoms with Crippen molar-refractivity contribution in [1.82, 2.24) is 5.32 Å². The van der Waals surface area contributed by atoms with E-state index in [2.05, 4.69) is 5.32 Å². The molecule has 0 aliphatic heterocycles. The number of carbonyl (C=O) groups is 2. The minimum Gasteiger partial charge on any atom is -0.379 e. The van der Waals surface area contributed by atoms with Gasteiger partial charge in [-0.2, -0.15) is 0 Å². The highest BCUT2D eigenvalue weighted by Gasteiger charge is 2.20. The Morgan fingerprint density at radius 2 is 1.36 bits per heavy atom. The molecule has 1 aliphatic carbocycles. The Kier molecular flexibility index (Phi) is 5.78. The summed E-state index contributed by atoms with van der Waals surface area (Å²) in [5.74, 6) is -0.279. The van der Waals surface area contributed by atoms with Crippen LogP contribution in [0.2, 0.25) is 0 Å². The zero-order valence-corrected chi connectivity index (χ0v) is 14.3. The molecule has 3 rings (SSSR count). The second-order valence-corrected chi connectivity index (χ2v) is 6.46. The second kappa shape index (κ2) is 8.43. The molecule has 1 fully saturated rings. The van der Waals surface area contributed by atoms with Crippen LogP contribution in [0.4, 0.5) is 0 Å². The van der Waals surface area contributed by atoms with Crippen LogP contribution in [0.15, 0.2) is 72.4 Å². The van der Waals surface area contributed by atoms with E-state index in [1.54, 1.807) is 24.3 Å². The quantitative estimate of drug-likeness (QED) is 0.623. The van der Waals surface area contributed by atoms with Gasteiger partial charge in [-0.15, -0.1) is 0 Å². The van der Waals surface area contributed by atoms with Gasteiger partial charge in [-0.1, -0.05) is 79.9 Å². The lowest BCUT2D eigenvalue weighted by Crippen LogP contribution is -2.34. The molecule has 1 aliphatic rings. The first kappa shape index (κ1) is 17.2. The van der Waals surface area contributed by atoms with Gasteiger partial charge in [0, 0.05) is 23.2 Å². The molecule has 0 unspecified atom stereocenters. The van der Waals surface area contributed by atoms with Crippen LogP contribution in [0.25, 0.3) is 0 Å². The molecule has 1 saturated carbocycles. The third-order valence-electron chi connectivity index (χ3n) is 4.58. The number of hydrogen-bond acceptors (Lipinski definition) is 3. The lowest BCUT2D eigenvalue weighted by Gasteiger charge is -2.25. The molecule has 0 heterocycles. The maximum atomic E-state index is 12.9. The van der Waals surface area contributed by atoms with E-state index in [4.69, 9.17) is 0 Å². The van der Waals surface area contributed by atoms with Gasteiger partial charge in [0.2, 0.25) is 5.78 Å². The van der Waals surface area contributed by atoms with Crippen LogP contribution in [-0.4, -0.2) is 17.6 Å². The van der Waals surface area contributed by atoms with Gasteiger partial charge in [0.05, 0.1) is 5.70 Å². The topological polar surface area (TPSA) is 46.2 Å². The monoisotopic (exact) mass is 333 g/mol. The van der Waals surface area contributed by atoms with E-state index in [1.807, 2.05) is 36.4 Å². The van der Waals surface area contributed by atoms with Gasteiger partial charge in [0.15, 0.2) is 5.78 Å². The summed E-state index contributed by atoms with van der Waals surface area (Å²) >= 11 is 0. The van der Waals surface area contributed by atoms with E-state index >= 15 is 0 Å². The summed E-state index contributed by atoms with van der Waals surface area (Å²) in [4.78, 5) is 25.5. The predicted molar refractivity (Wildman–Crippen MR) is 99.6 cm³/mol. The van der Waals surface area contributed by atoms with E-state index in [9.17, 15) is 9.59 Å². The van der Waals surface area contributed by atoms with Crippen molar-refractivity contribution in [3.05, 3.63) is 83.6 Å². The van der Waals surface area contributed by atoms with E-state index in [0.29, 0.717) is 16.8 Å². The zero-order valence-electron chi connectivity index (χ0n) is 14.3. The smallest absolute Gasteiger partial charge is 0.208 e. The first-order valence-corrected chi connectivity index (χ1v) is 8.91. The van der Waals surface area contributed by atoms with Gasteiger partial charge in [0.1, 0.15) is 0 Å². The largest absolute Gasteiger partial charge is 0.379 e. The van der Waals surface area contributed by atoms with Crippen molar-refractivity contribution < 1.29 is 9.59 Å². The molecule has 0 atom stereocenters. The van der Waals surface area contributed by atoms with Gasteiger partial charge in [0.25, 0.3) is 0 Å². The van der Waals surface area contributed by atoms with Gasteiger partial charge >= 0.3 is 0 Å². The fourth-order valence-electron chi connectivity index (χ4n) is 3.20. The van der Waals surface area contributed by atoms with Crippen molar-refractivity contribution in [3.8, 4) is 0 Å². The third kappa shape index (κ3) is 4.66. The molecular weight excluding hydrogens is 310 g/mol. The summed E-state index contributed by atoms with van der Waals surface area (Å²) in [6.07, 6.45) is 7.11. The van der Waals surface area contributed by atoms with E-state index in [0.717, 1.165) is 25.7 Å². The minimum absolute atomic E-state index is 0.129. The third-order valence-corrected chi connectivity index (χ3v) is 4.58. The second-order valence-electron chi connectivity index (χ2n) is 6.46. The Hall–Kier alpha value is -2.68. The van der Waals surface area contributed by atoms with Crippen LogP contribution in [0.1, 0.15) is 52.8 Å². The number of hydrogen-bond donors (Lipinski definition) is 1. The Balaban J connectivity index is 1.86. The van der Waals surface area contributed by atoms with E-state index in [-0.39, 0.29) is 17.6 Å². The molecular formula is C22H23NO2. The molecule has 1 N–H and O–H groups in total. The maximum absolute atomic E-state index is 12.9. The van der Waals surface area contributed by atoms with Gasteiger partial charge in [-0.3, -0.25) is 9.59 Å². The molecule has 3 heteroatoms. The Bertz CT molecular complexity index is 744. The Morgan fingerprint density at radius 1 is 0.800 bits per heavy atom. The first-order valence-electron chi connectivity index (χ1n) is 8.91. The number of carbonyl (C=O) groups excluding carboxylic acids is 2. The highest BCUT2D eigenvalue weighted by molar-refractivity contribution is 6.14. The summed E-state index contributed by atoms with van der Waals surface area (Å²) in [6.45, 7) is 0. The highest BCUT2D eigenvalue weighted by Crippen LogP contribution is 2.19. The lowest BCUT2D eigenvalue weighted by atomic mass is 9.94. The van der Waals surface area contributed by atoms with Gasteiger partial charge < -0.3 is 5.32 Å². The number of nitrogens with one attached hydrogen (secondary N) is 1. The molecule has 0 aromatic heterocycles. The van der Waals surface area contributed by atoms with Crippen LogP contribution in [-0.2, 0) is 0 Å². The molecule has 0 radical (unpaired) electrons. The average molecular weight is 333 g/mol. The normalized spacial score (nSPS) is 15.6. The maximum Gasteiger partial charge on any atom is 0.208 e. The minimum atomic E-state index is -0.150. The number of rotatable bonds is 6. The molecule has 0 amide bonds. The van der Waals surface area contributed by atoms with Crippen molar-refractivity contribution in [1.29, 1.82) is 0 Å². The van der Waals surface area contributed by atoms with Gasteiger partial charge in [-0.05, 0) is 12.8 Å². The van der Waals surface area contributed by atoms with Crippen LogP contribution >= 0.6 is 0 Å². The van der Waals surface area contributed by atoms with Crippen molar-refractivity contribution in [3.63, 3.8) is 0 Å². The highest BCUT2D eigenvalue weighted by atomic mass is 16.1. The summed E-state index contributed by atoms with van der Waals surface area (Å²) in [5, 5.41) is 3.35. The van der Waals surface area contributed by atoms with Crippen molar-refractivity contribution >= 4 is 11.6 Å². The Morgan fingerprint density at radius 3 is 1.96 bits per heavy atom. The van der Waals surface area contributed by atoms with E-state index in [1.165, 1.54) is 12.5 Å². The number of Topliss-reactive ketones (excluding diaryl/α,β-unsaturated/α-hetero) is 1. The van der Waals surface area contributed by atoms with Crippen molar-refractivity contribution in [2.24, 2.45) is 0 Å². The first-order chi connectivity index (χ1) is 12.2. The average Bonchev–Trinajstić information content (AvgIpc) is 2.69. The predicted octanol–water partition coefficient (Wildman–Crippen LogP) is 4.56. The fraction of sp³-hybridized carbons (Fsp3) is 0.273. The van der Waals surface area contributed by atoms with Crippen LogP contribution < -0.4 is 5.32 Å². The molecule has 0 bridgehead atoms. The molecule has 128 valence electrons. The van der Waals surface area contributed by atoms with Gasteiger partial charge in [-0.25, -0.2) is 0 Å².